The molecule has 2 spiro atoms. The van der Waals surface area contributed by atoms with Crippen LogP contribution in [-0.4, -0.2) is 254 Å². The van der Waals surface area contributed by atoms with Gasteiger partial charge in [0.25, 0.3) is 0 Å². The van der Waals surface area contributed by atoms with Crippen molar-refractivity contribution in [3.63, 3.8) is 0 Å². The molecular formula is C88H116Br2I2N4O18. The number of hydrogen-bond donors (Lipinski definition) is 2. The first kappa shape index (κ1) is 90.0. The quantitative estimate of drug-likeness (QED) is 0.0582. The Morgan fingerprint density at radius 2 is 0.947 bits per heavy atom. The molecule has 8 saturated heterocycles. The molecule has 2 aromatic rings. The molecule has 2 N–H and O–H groups in total. The summed E-state index contributed by atoms with van der Waals surface area (Å²) in [7, 11) is 5.32. The first-order chi connectivity index (χ1) is 53.2. The van der Waals surface area contributed by atoms with Crippen LogP contribution in [0.25, 0.3) is 0 Å². The molecule has 22 nitrogen and oxygen atoms in total. The van der Waals surface area contributed by atoms with Crippen molar-refractivity contribution in [1.29, 1.82) is 0 Å². The third kappa shape index (κ3) is 16.8. The maximum absolute atomic E-state index is 14.0. The van der Waals surface area contributed by atoms with E-state index in [-0.39, 0.29) is 118 Å². The number of rotatable bonds is 16. The first-order valence-electron chi connectivity index (χ1n) is 40.5. The fraction of sp³-hybridized carbons (Fsp3) is 0.614. The van der Waals surface area contributed by atoms with E-state index in [4.69, 9.17) is 47.4 Å². The molecule has 12 bridgehead atoms. The van der Waals surface area contributed by atoms with Gasteiger partial charge in [-0.3, -0.25) is 4.90 Å². The summed E-state index contributed by atoms with van der Waals surface area (Å²) in [6, 6.07) is 15.4. The summed E-state index contributed by atoms with van der Waals surface area (Å²) in [5, 5.41) is 24.1. The summed E-state index contributed by atoms with van der Waals surface area (Å²) in [5.41, 5.74) is 3.98. The minimum Gasteiger partial charge on any atom is -1.00 e. The Labute approximate surface area is 723 Å². The Balaban J connectivity index is 0.000000215. The van der Waals surface area contributed by atoms with Crippen LogP contribution in [0.15, 0.2) is 144 Å². The highest BCUT2D eigenvalue weighted by molar-refractivity contribution is 14.1. The third-order valence-electron chi connectivity index (χ3n) is 28.4. The molecule has 2 saturated carbocycles. The predicted molar refractivity (Wildman–Crippen MR) is 422 cm³/mol. The lowest BCUT2D eigenvalue weighted by atomic mass is 9.57. The lowest BCUT2D eigenvalue weighted by Crippen LogP contribution is -3.00. The number of fused-ring (bicyclic) bond motifs is 6. The molecule has 24 atom stereocenters. The molecule has 0 aromatic heterocycles. The van der Waals surface area contributed by atoms with Crippen molar-refractivity contribution in [2.45, 2.75) is 179 Å². The van der Waals surface area contributed by atoms with Crippen molar-refractivity contribution >= 4 is 58.4 Å². The van der Waals surface area contributed by atoms with E-state index in [2.05, 4.69) is 64.9 Å². The standard InChI is InChI=1S/C44H58N2O9.C43H55N2O9.CH3I.2BrH.HI/c1-26-23-27(2)44-32(15-16-34-36(44)37(47)28(3)39(40(34)55-44)54-41(48)30-11-7-8-12-30)24-35(51-6)43(50)53-38(26)29(4)52-42(49)33-14-10-9-13-31(33)25-46-20-17-45(5,18-21-46)19-22-46;1-25-22-26(2)43-31(14-15-33-35(43)36(46)27(3)38(39(33)54-43)53-40(47)29-10-6-7-11-29)23-34(50-5)42(49)52-37(25)28(4)51-41(48)32-13-9-8-12-30(32)24-45-19-16-44(17-20-45)18-21-45;1-2;;;/h7-11,13-16,23,26,28-29,32,34-40,47H,12,17-22,24-25H2,1-6H3;6-10,12-15,22,25,27-28,31,33-39,46H,11,16-21,23-24H2,1-5H3;1H3;3*1H/q+2;+1;;;;/p-3/b27-23+;26-22+;;;;/t26-,28-,29-,32-,34-,35+,36+,37-,38+,39-,40-,44+,45?,46?;25-,27-,28-,31-,33-,34+,35+,36-,37+,38-,39-,43+;;;;/m11..../s1. The molecule has 10 heterocycles. The lowest BCUT2D eigenvalue weighted by Gasteiger charge is -2.54. The van der Waals surface area contributed by atoms with Crippen LogP contribution in [0.2, 0.25) is 0 Å². The average Bonchev–Trinajstić information content (AvgIpc) is 1.54. The van der Waals surface area contributed by atoms with Gasteiger partial charge in [0, 0.05) is 115 Å². The van der Waals surface area contributed by atoms with Crippen molar-refractivity contribution < 1.29 is 158 Å². The Bertz CT molecular complexity index is 4120. The Hall–Kier alpha value is -4.80. The number of likely N-dealkylation sites (N-methyl/N-ethyl adjacent to an activating group) is 1. The van der Waals surface area contributed by atoms with Crippen LogP contribution in [0.3, 0.4) is 0 Å². The zero-order valence-corrected chi connectivity index (χ0v) is 75.2. The maximum Gasteiger partial charge on any atom is 0.339 e. The summed E-state index contributed by atoms with van der Waals surface area (Å²) in [5.74, 6) is -6.09. The van der Waals surface area contributed by atoms with Gasteiger partial charge in [-0.15, -0.1) is 0 Å². The summed E-state index contributed by atoms with van der Waals surface area (Å²) in [6.45, 7) is 30.1. The SMILES string of the molecule is CI.CO[C@H]1C[C@H]2C=C[C@H]3[C@H]4O[C@]2(/C(C)=C/[C@@H](C)[C@@H]([C@@H](C)OC(=O)c2ccccc2C[N+]25CCN(CC2)CC5)OC1=O)[C@@H]3[C@H](O)[C@@H](C)[C@H]4OC(=O)C1=CC=CC1.CO[C@H]1C[C@H]2C=C[C@H]3[C@H]4O[C@]2(/C(C)=C/[C@@H](C)[C@@H]([C@@H](C)OC(=O)c2ccccc2C[N+]25CC[N+](C)(CC2)CC5)OC1=O)[C@@H]3[C@H](O)[C@@H](C)[C@H]4OC(=O)C1=CC=CC1.[Br-].[Br-].[I-]. The number of alkyl halides is 1. The van der Waals surface area contributed by atoms with E-state index in [0.29, 0.717) is 35.1 Å². The van der Waals surface area contributed by atoms with E-state index in [1.165, 1.54) is 14.2 Å². The van der Waals surface area contributed by atoms with Crippen molar-refractivity contribution in [1.82, 2.24) is 4.90 Å². The van der Waals surface area contributed by atoms with E-state index >= 15 is 0 Å². The van der Waals surface area contributed by atoms with Crippen molar-refractivity contribution in [3.05, 3.63) is 166 Å². The van der Waals surface area contributed by atoms with Gasteiger partial charge in [0.05, 0.1) is 50.0 Å². The number of benzene rings is 2. The number of esters is 6. The van der Waals surface area contributed by atoms with Crippen LogP contribution in [0.5, 0.6) is 0 Å². The highest BCUT2D eigenvalue weighted by Crippen LogP contribution is 2.63. The number of hydrogen-bond acceptors (Lipinski definition) is 19. The molecule has 16 aliphatic rings. The number of piperazine rings is 6. The van der Waals surface area contributed by atoms with Crippen molar-refractivity contribution in [2.75, 3.05) is 105 Å². The van der Waals surface area contributed by atoms with E-state index in [9.17, 15) is 39.0 Å². The van der Waals surface area contributed by atoms with E-state index in [1.54, 1.807) is 26.0 Å². The summed E-state index contributed by atoms with van der Waals surface area (Å²) < 4.78 is 66.1. The highest BCUT2D eigenvalue weighted by Gasteiger charge is 2.71. The monoisotopic (exact) mass is 1930 g/mol. The molecule has 6 aliphatic carbocycles. The highest BCUT2D eigenvalue weighted by atomic mass is 127. The zero-order valence-electron chi connectivity index (χ0n) is 67.7. The van der Waals surface area contributed by atoms with Gasteiger partial charge in [-0.25, -0.2) is 28.8 Å². The van der Waals surface area contributed by atoms with Gasteiger partial charge in [0.15, 0.2) is 12.2 Å². The first-order valence-corrected chi connectivity index (χ1v) is 42.7. The Morgan fingerprint density at radius 3 is 1.32 bits per heavy atom. The number of ether oxygens (including phenoxy) is 10. The third-order valence-corrected chi connectivity index (χ3v) is 28.4. The van der Waals surface area contributed by atoms with Gasteiger partial charge >= 0.3 is 35.8 Å². The lowest BCUT2D eigenvalue weighted by molar-refractivity contribution is -1.08. The number of carbonyl (C=O) groups excluding carboxylic acids is 6. The molecular weight excluding hydrogens is 1810 g/mol. The predicted octanol–water partition coefficient (Wildman–Crippen LogP) is 0.519. The summed E-state index contributed by atoms with van der Waals surface area (Å²) in [4.78, 5) is 86.8. The van der Waals surface area contributed by atoms with Crippen LogP contribution in [-0.2, 0) is 79.6 Å². The smallest absolute Gasteiger partial charge is 0.339 e. The van der Waals surface area contributed by atoms with Gasteiger partial charge in [-0.05, 0) is 81.6 Å². The molecule has 0 amide bonds. The summed E-state index contributed by atoms with van der Waals surface area (Å²) in [6.07, 6.45) is 15.8. The average molecular weight is 1930 g/mol. The normalized spacial score (nSPS) is 40.9. The second kappa shape index (κ2) is 36.6. The van der Waals surface area contributed by atoms with Gasteiger partial charge in [0.1, 0.15) is 112 Å². The van der Waals surface area contributed by atoms with Gasteiger partial charge in [-0.1, -0.05) is 160 Å². The maximum atomic E-state index is 14.0. The van der Waals surface area contributed by atoms with E-state index in [0.717, 1.165) is 127 Å². The van der Waals surface area contributed by atoms with Gasteiger partial charge in [0.2, 0.25) is 0 Å². The van der Waals surface area contributed by atoms with Gasteiger partial charge in [-0.2, -0.15) is 0 Å². The Morgan fingerprint density at radius 1 is 0.570 bits per heavy atom. The molecule has 26 heteroatoms. The molecule has 18 rings (SSSR count). The second-order valence-electron chi connectivity index (χ2n) is 34.7. The topological polar surface area (TPSA) is 238 Å². The van der Waals surface area contributed by atoms with E-state index in [1.807, 2.05) is 125 Å². The number of cyclic esters (lactones) is 2. The van der Waals surface area contributed by atoms with Crippen LogP contribution in [0.1, 0.15) is 113 Å². The number of methoxy groups -OCH3 is 2. The van der Waals surface area contributed by atoms with Crippen LogP contribution < -0.4 is 57.9 Å². The van der Waals surface area contributed by atoms with Crippen molar-refractivity contribution in [2.24, 2.45) is 59.2 Å². The second-order valence-corrected chi connectivity index (χ2v) is 34.7. The number of halogens is 4. The fourth-order valence-corrected chi connectivity index (χ4v) is 21.8. The molecule has 10 fully saturated rings. The Kier molecular flexibility index (Phi) is 28.9. The largest absolute Gasteiger partial charge is 1.00 e. The van der Waals surface area contributed by atoms with Crippen molar-refractivity contribution in [3.8, 4) is 0 Å². The molecule has 10 aliphatic heterocycles. The number of nitrogens with zero attached hydrogens (tertiary/aromatic N) is 4. The molecule has 0 unspecified atom stereocenters. The molecule has 0 radical (unpaired) electrons. The fourth-order valence-electron chi connectivity index (χ4n) is 21.8. The van der Waals surface area contributed by atoms with Crippen LogP contribution >= 0.6 is 22.6 Å². The molecule has 624 valence electrons. The number of carbonyl (C=O) groups is 6. The minimum absolute atomic E-state index is 0. The minimum atomic E-state index is -0.995. The molecule has 114 heavy (non-hydrogen) atoms. The van der Waals surface area contributed by atoms with E-state index < -0.39 is 132 Å². The van der Waals surface area contributed by atoms with Crippen LogP contribution in [0, 0.1) is 59.2 Å². The number of quaternary nitrogens is 3. The summed E-state index contributed by atoms with van der Waals surface area (Å²) >= 11 is 2.15. The number of aliphatic hydroxyl groups is 2. The number of allylic oxidation sites excluding steroid dienone is 6. The van der Waals surface area contributed by atoms with Crippen LogP contribution in [0.4, 0.5) is 0 Å². The van der Waals surface area contributed by atoms with Gasteiger partial charge < -0.3 is 129 Å². The zero-order chi connectivity index (χ0) is 78.8. The number of aliphatic hydroxyl groups excluding tert-OH is 2. The molecule has 2 aromatic carbocycles.